The molecular formula is C25H26N2O5S2. The largest absolute Gasteiger partial charge is 0.493 e. The number of methoxy groups -OCH3 is 1. The first-order valence-electron chi connectivity index (χ1n) is 10.9. The molecule has 178 valence electrons. The topological polar surface area (TPSA) is 79.1 Å². The number of thiophene rings is 1. The molecule has 34 heavy (non-hydrogen) atoms. The van der Waals surface area contributed by atoms with Crippen LogP contribution in [-0.4, -0.2) is 30.4 Å². The summed E-state index contributed by atoms with van der Waals surface area (Å²) in [5.74, 6) is 0.776. The van der Waals surface area contributed by atoms with Crippen LogP contribution in [0, 0.1) is 0 Å². The fourth-order valence-corrected chi connectivity index (χ4v) is 5.65. The highest BCUT2D eigenvalue weighted by molar-refractivity contribution is 7.10. The zero-order valence-electron chi connectivity index (χ0n) is 19.7. The lowest BCUT2D eigenvalue weighted by Crippen LogP contribution is -2.39. The van der Waals surface area contributed by atoms with E-state index < -0.39 is 12.0 Å². The molecular weight excluding hydrogens is 472 g/mol. The van der Waals surface area contributed by atoms with Crippen molar-refractivity contribution in [1.82, 2.24) is 4.57 Å². The van der Waals surface area contributed by atoms with Gasteiger partial charge in [0.05, 0.1) is 35.6 Å². The van der Waals surface area contributed by atoms with Gasteiger partial charge in [0.25, 0.3) is 5.56 Å². The Hall–Kier alpha value is -3.17. The Balaban J connectivity index is 1.85. The summed E-state index contributed by atoms with van der Waals surface area (Å²) in [5.41, 5.74) is 1.53. The number of thiazole rings is 1. The maximum absolute atomic E-state index is 13.6. The SMILES string of the molecule is CCOC(=O)C1=C(C)N=c2s/c(=C\c3ccc(OC(C)C)c(OC)c3)c(=O)n2[C@@H]1c1cccs1. The zero-order valence-corrected chi connectivity index (χ0v) is 21.3. The smallest absolute Gasteiger partial charge is 0.338 e. The predicted octanol–water partition coefficient (Wildman–Crippen LogP) is 3.66. The van der Waals surface area contributed by atoms with Crippen LogP contribution in [0.5, 0.6) is 11.5 Å². The van der Waals surface area contributed by atoms with Crippen LogP contribution >= 0.6 is 22.7 Å². The molecule has 0 aliphatic carbocycles. The van der Waals surface area contributed by atoms with Gasteiger partial charge >= 0.3 is 5.97 Å². The number of fused-ring (bicyclic) bond motifs is 1. The molecule has 0 saturated carbocycles. The molecule has 0 fully saturated rings. The minimum Gasteiger partial charge on any atom is -0.493 e. The van der Waals surface area contributed by atoms with E-state index in [0.29, 0.717) is 32.1 Å². The third-order valence-corrected chi connectivity index (χ3v) is 7.09. The second-order valence-corrected chi connectivity index (χ2v) is 9.88. The van der Waals surface area contributed by atoms with Gasteiger partial charge in [-0.3, -0.25) is 9.36 Å². The molecule has 2 aromatic heterocycles. The van der Waals surface area contributed by atoms with Gasteiger partial charge in [-0.2, -0.15) is 0 Å². The van der Waals surface area contributed by atoms with Crippen LogP contribution in [0.2, 0.25) is 0 Å². The van der Waals surface area contributed by atoms with E-state index in [0.717, 1.165) is 10.4 Å². The lowest BCUT2D eigenvalue weighted by atomic mass is 10.0. The van der Waals surface area contributed by atoms with Crippen LogP contribution in [0.15, 0.2) is 56.8 Å². The summed E-state index contributed by atoms with van der Waals surface area (Å²) in [4.78, 5) is 32.4. The van der Waals surface area contributed by atoms with Crippen molar-refractivity contribution < 1.29 is 19.0 Å². The number of esters is 1. The quantitative estimate of drug-likeness (QED) is 0.465. The van der Waals surface area contributed by atoms with Gasteiger partial charge in [-0.05, 0) is 62.9 Å². The maximum atomic E-state index is 13.6. The van der Waals surface area contributed by atoms with Crippen molar-refractivity contribution in [3.8, 4) is 11.5 Å². The van der Waals surface area contributed by atoms with E-state index in [2.05, 4.69) is 4.99 Å². The van der Waals surface area contributed by atoms with Crippen molar-refractivity contribution in [1.29, 1.82) is 0 Å². The van der Waals surface area contributed by atoms with Gasteiger partial charge in [0.15, 0.2) is 16.3 Å². The molecule has 0 N–H and O–H groups in total. The van der Waals surface area contributed by atoms with Crippen molar-refractivity contribution in [3.05, 3.63) is 77.1 Å². The van der Waals surface area contributed by atoms with E-state index in [9.17, 15) is 9.59 Å². The van der Waals surface area contributed by atoms with Gasteiger partial charge in [-0.1, -0.05) is 23.5 Å². The van der Waals surface area contributed by atoms with Gasteiger partial charge in [0, 0.05) is 4.88 Å². The van der Waals surface area contributed by atoms with E-state index in [-0.39, 0.29) is 18.3 Å². The lowest BCUT2D eigenvalue weighted by molar-refractivity contribution is -0.139. The van der Waals surface area contributed by atoms with Gasteiger partial charge in [-0.25, -0.2) is 9.79 Å². The molecule has 3 heterocycles. The van der Waals surface area contributed by atoms with Crippen LogP contribution in [0.25, 0.3) is 6.08 Å². The average Bonchev–Trinajstić information content (AvgIpc) is 3.42. The Morgan fingerprint density at radius 1 is 1.26 bits per heavy atom. The van der Waals surface area contributed by atoms with Crippen LogP contribution in [0.4, 0.5) is 0 Å². The van der Waals surface area contributed by atoms with E-state index in [4.69, 9.17) is 14.2 Å². The second-order valence-electron chi connectivity index (χ2n) is 7.89. The van der Waals surface area contributed by atoms with Gasteiger partial charge in [-0.15, -0.1) is 11.3 Å². The number of carbonyl (C=O) groups excluding carboxylic acids is 1. The lowest BCUT2D eigenvalue weighted by Gasteiger charge is -2.23. The fraction of sp³-hybridized carbons (Fsp3) is 0.320. The number of allylic oxidation sites excluding steroid dienone is 1. The first-order valence-corrected chi connectivity index (χ1v) is 12.6. The molecule has 1 aromatic carbocycles. The van der Waals surface area contributed by atoms with E-state index >= 15 is 0 Å². The summed E-state index contributed by atoms with van der Waals surface area (Å²) in [6.07, 6.45) is 1.82. The standard InChI is InChI=1S/C25H26N2O5S2/c1-6-31-24(29)21-15(4)26-25-27(22(21)19-8-7-11-33-19)23(28)20(34-25)13-16-9-10-17(32-14(2)3)18(12-16)30-5/h7-14,22H,6H2,1-5H3/b20-13-/t22-/m1/s1. The Bertz CT molecular complexity index is 1410. The summed E-state index contributed by atoms with van der Waals surface area (Å²) < 4.78 is 18.7. The minimum absolute atomic E-state index is 0.0116. The molecule has 0 amide bonds. The highest BCUT2D eigenvalue weighted by atomic mass is 32.1. The molecule has 1 aliphatic rings. The van der Waals surface area contributed by atoms with Crippen LogP contribution in [0.1, 0.15) is 44.2 Å². The average molecular weight is 499 g/mol. The molecule has 3 aromatic rings. The summed E-state index contributed by atoms with van der Waals surface area (Å²) >= 11 is 2.78. The predicted molar refractivity (Wildman–Crippen MR) is 133 cm³/mol. The molecule has 0 saturated heterocycles. The molecule has 4 rings (SSSR count). The Morgan fingerprint density at radius 2 is 2.06 bits per heavy atom. The van der Waals surface area contributed by atoms with Crippen LogP contribution in [-0.2, 0) is 9.53 Å². The van der Waals surface area contributed by atoms with Crippen molar-refractivity contribution in [3.63, 3.8) is 0 Å². The monoisotopic (exact) mass is 498 g/mol. The minimum atomic E-state index is -0.575. The first kappa shape index (κ1) is 24.0. The molecule has 1 atom stereocenters. The third-order valence-electron chi connectivity index (χ3n) is 5.18. The van der Waals surface area contributed by atoms with E-state index in [1.807, 2.05) is 49.6 Å². The van der Waals surface area contributed by atoms with Crippen LogP contribution in [0.3, 0.4) is 0 Å². The third kappa shape index (κ3) is 4.58. The zero-order chi connectivity index (χ0) is 24.4. The van der Waals surface area contributed by atoms with Crippen LogP contribution < -0.4 is 24.4 Å². The summed E-state index contributed by atoms with van der Waals surface area (Å²) in [5, 5.41) is 1.93. The maximum Gasteiger partial charge on any atom is 0.338 e. The number of hydrogen-bond acceptors (Lipinski definition) is 8. The van der Waals surface area contributed by atoms with E-state index in [1.165, 1.54) is 22.7 Å². The fourth-order valence-electron chi connectivity index (χ4n) is 3.78. The highest BCUT2D eigenvalue weighted by Gasteiger charge is 2.33. The molecule has 0 bridgehead atoms. The Kier molecular flexibility index (Phi) is 7.04. The van der Waals surface area contributed by atoms with Crippen molar-refractivity contribution in [2.45, 2.75) is 39.8 Å². The molecule has 0 spiro atoms. The summed E-state index contributed by atoms with van der Waals surface area (Å²) in [6, 6.07) is 8.80. The molecule has 7 nitrogen and oxygen atoms in total. The molecule has 0 radical (unpaired) electrons. The summed E-state index contributed by atoms with van der Waals surface area (Å²) in [7, 11) is 1.58. The van der Waals surface area contributed by atoms with Gasteiger partial charge in [0.2, 0.25) is 0 Å². The first-order chi connectivity index (χ1) is 16.3. The Labute approximate surface area is 205 Å². The van der Waals surface area contributed by atoms with Crippen molar-refractivity contribution in [2.75, 3.05) is 13.7 Å². The van der Waals surface area contributed by atoms with Crippen molar-refractivity contribution >= 4 is 34.7 Å². The van der Waals surface area contributed by atoms with E-state index in [1.54, 1.807) is 31.6 Å². The number of aromatic nitrogens is 1. The number of benzene rings is 1. The number of ether oxygens (including phenoxy) is 3. The number of rotatable bonds is 7. The Morgan fingerprint density at radius 3 is 2.71 bits per heavy atom. The highest BCUT2D eigenvalue weighted by Crippen LogP contribution is 2.33. The number of carbonyl (C=O) groups is 1. The molecule has 9 heteroatoms. The van der Waals surface area contributed by atoms with Gasteiger partial charge in [0.1, 0.15) is 6.04 Å². The number of nitrogens with zero attached hydrogens (tertiary/aromatic N) is 2. The second kappa shape index (κ2) is 9.99. The molecule has 0 unspecified atom stereocenters. The van der Waals surface area contributed by atoms with Gasteiger partial charge < -0.3 is 14.2 Å². The molecule has 1 aliphatic heterocycles. The normalized spacial score (nSPS) is 15.8. The summed E-state index contributed by atoms with van der Waals surface area (Å²) in [6.45, 7) is 7.68. The van der Waals surface area contributed by atoms with Crippen molar-refractivity contribution in [2.24, 2.45) is 4.99 Å². The number of hydrogen-bond donors (Lipinski definition) is 0.